The van der Waals surface area contributed by atoms with Crippen LogP contribution >= 0.6 is 11.6 Å². The van der Waals surface area contributed by atoms with Crippen LogP contribution in [0.3, 0.4) is 0 Å². The van der Waals surface area contributed by atoms with Gasteiger partial charge in [-0.05, 0) is 17.7 Å². The number of aryl methyl sites for hydroxylation is 1. The molecule has 0 saturated heterocycles. The zero-order valence-electron chi connectivity index (χ0n) is 10.8. The summed E-state index contributed by atoms with van der Waals surface area (Å²) < 4.78 is 12.7. The van der Waals surface area contributed by atoms with E-state index < -0.39 is 0 Å². The number of hydrogen-bond donors (Lipinski definition) is 1. The van der Waals surface area contributed by atoms with Crippen LogP contribution in [-0.4, -0.2) is 21.9 Å². The number of rotatable bonds is 5. The number of nitrogens with zero attached hydrogens (tertiary/aromatic N) is 3. The molecule has 0 radical (unpaired) electrons. The van der Waals surface area contributed by atoms with E-state index in [1.54, 1.807) is 30.1 Å². The average Bonchev–Trinajstić information content (AvgIpc) is 2.82. The Balaban J connectivity index is 2.22. The lowest BCUT2D eigenvalue weighted by Crippen LogP contribution is -2.05. The first-order valence-corrected chi connectivity index (χ1v) is 6.05. The van der Waals surface area contributed by atoms with E-state index in [1.807, 2.05) is 7.05 Å². The molecule has 0 spiro atoms. The van der Waals surface area contributed by atoms with Gasteiger partial charge < -0.3 is 19.8 Å². The van der Waals surface area contributed by atoms with Gasteiger partial charge in [0.25, 0.3) is 0 Å². The second-order valence-corrected chi connectivity index (χ2v) is 4.37. The molecule has 0 aliphatic carbocycles. The van der Waals surface area contributed by atoms with E-state index in [2.05, 4.69) is 10.2 Å². The Hall–Kier alpha value is -1.79. The van der Waals surface area contributed by atoms with Gasteiger partial charge in [-0.25, -0.2) is 0 Å². The van der Waals surface area contributed by atoms with Crippen molar-refractivity contribution in [1.82, 2.24) is 14.8 Å². The molecule has 2 N–H and O–H groups in total. The lowest BCUT2D eigenvalue weighted by atomic mass is 10.2. The maximum absolute atomic E-state index is 6.17. The van der Waals surface area contributed by atoms with Crippen molar-refractivity contribution in [1.29, 1.82) is 0 Å². The molecule has 0 bridgehead atoms. The summed E-state index contributed by atoms with van der Waals surface area (Å²) in [7, 11) is 3.40. The molecular formula is C12H15ClN4O2. The number of hydrogen-bond acceptors (Lipinski definition) is 5. The molecule has 0 amide bonds. The first kappa shape index (κ1) is 13.6. The first-order chi connectivity index (χ1) is 9.15. The summed E-state index contributed by atoms with van der Waals surface area (Å²) >= 11 is 6.17. The van der Waals surface area contributed by atoms with Crippen LogP contribution < -0.4 is 15.2 Å². The molecule has 6 nitrogen and oxygen atoms in total. The standard InChI is InChI=1S/C12H15ClN4O2/c1-17-7-15-16-11(17)6-19-12-9(13)3-8(5-14)4-10(12)18-2/h3-4,7H,5-6,14H2,1-2H3. The maximum Gasteiger partial charge on any atom is 0.180 e. The Morgan fingerprint density at radius 2 is 2.21 bits per heavy atom. The molecule has 19 heavy (non-hydrogen) atoms. The van der Waals surface area contributed by atoms with E-state index in [0.29, 0.717) is 28.9 Å². The van der Waals surface area contributed by atoms with E-state index in [9.17, 15) is 0 Å². The van der Waals surface area contributed by atoms with Gasteiger partial charge >= 0.3 is 0 Å². The van der Waals surface area contributed by atoms with Gasteiger partial charge in [0.15, 0.2) is 17.3 Å². The summed E-state index contributed by atoms with van der Waals surface area (Å²) in [6, 6.07) is 3.56. The lowest BCUT2D eigenvalue weighted by molar-refractivity contribution is 0.273. The van der Waals surface area contributed by atoms with Gasteiger partial charge in [-0.2, -0.15) is 0 Å². The number of nitrogens with two attached hydrogens (primary N) is 1. The van der Waals surface area contributed by atoms with Crippen LogP contribution in [0.5, 0.6) is 11.5 Å². The second-order valence-electron chi connectivity index (χ2n) is 3.96. The fourth-order valence-corrected chi connectivity index (χ4v) is 1.89. The Morgan fingerprint density at radius 1 is 1.42 bits per heavy atom. The van der Waals surface area contributed by atoms with Gasteiger partial charge in [0.2, 0.25) is 0 Å². The third kappa shape index (κ3) is 2.97. The highest BCUT2D eigenvalue weighted by atomic mass is 35.5. The fourth-order valence-electron chi connectivity index (χ4n) is 1.61. The van der Waals surface area contributed by atoms with Gasteiger partial charge in [0.1, 0.15) is 12.9 Å². The maximum atomic E-state index is 6.17. The quantitative estimate of drug-likeness (QED) is 0.900. The van der Waals surface area contributed by atoms with Crippen molar-refractivity contribution in [2.75, 3.05) is 7.11 Å². The minimum Gasteiger partial charge on any atom is -0.493 e. The molecule has 0 aliphatic rings. The zero-order chi connectivity index (χ0) is 13.8. The van der Waals surface area contributed by atoms with Crippen molar-refractivity contribution in [2.24, 2.45) is 12.8 Å². The van der Waals surface area contributed by atoms with Crippen LogP contribution in [0.2, 0.25) is 5.02 Å². The Labute approximate surface area is 116 Å². The second kappa shape index (κ2) is 5.90. The molecule has 0 fully saturated rings. The molecule has 1 aromatic carbocycles. The largest absolute Gasteiger partial charge is 0.493 e. The molecule has 2 aromatic rings. The van der Waals surface area contributed by atoms with Crippen LogP contribution in [0.25, 0.3) is 0 Å². The van der Waals surface area contributed by atoms with Gasteiger partial charge in [-0.15, -0.1) is 10.2 Å². The number of ether oxygens (including phenoxy) is 2. The summed E-state index contributed by atoms with van der Waals surface area (Å²) in [5, 5.41) is 8.17. The van der Waals surface area contributed by atoms with Crippen LogP contribution in [0.1, 0.15) is 11.4 Å². The summed E-state index contributed by atoms with van der Waals surface area (Å²) in [4.78, 5) is 0. The fraction of sp³-hybridized carbons (Fsp3) is 0.333. The normalized spacial score (nSPS) is 10.5. The minimum absolute atomic E-state index is 0.258. The predicted octanol–water partition coefficient (Wildman–Crippen LogP) is 1.51. The summed E-state index contributed by atoms with van der Waals surface area (Å²) in [5.74, 6) is 1.72. The van der Waals surface area contributed by atoms with Crippen molar-refractivity contribution in [2.45, 2.75) is 13.2 Å². The van der Waals surface area contributed by atoms with Crippen molar-refractivity contribution in [3.8, 4) is 11.5 Å². The van der Waals surface area contributed by atoms with Crippen LogP contribution in [0, 0.1) is 0 Å². The smallest absolute Gasteiger partial charge is 0.180 e. The van der Waals surface area contributed by atoms with E-state index >= 15 is 0 Å². The molecule has 102 valence electrons. The number of aromatic nitrogens is 3. The topological polar surface area (TPSA) is 75.2 Å². The first-order valence-electron chi connectivity index (χ1n) is 5.68. The average molecular weight is 283 g/mol. The van der Waals surface area contributed by atoms with Gasteiger partial charge in [0, 0.05) is 13.6 Å². The number of benzene rings is 1. The van der Waals surface area contributed by atoms with Crippen molar-refractivity contribution in [3.05, 3.63) is 34.9 Å². The van der Waals surface area contributed by atoms with Crippen LogP contribution in [0.4, 0.5) is 0 Å². The van der Waals surface area contributed by atoms with Gasteiger partial charge in [-0.3, -0.25) is 0 Å². The number of methoxy groups -OCH3 is 1. The van der Waals surface area contributed by atoms with E-state index in [0.717, 1.165) is 5.56 Å². The van der Waals surface area contributed by atoms with Crippen molar-refractivity contribution < 1.29 is 9.47 Å². The molecule has 0 saturated carbocycles. The molecule has 0 atom stereocenters. The lowest BCUT2D eigenvalue weighted by Gasteiger charge is -2.13. The predicted molar refractivity (Wildman–Crippen MR) is 71.2 cm³/mol. The van der Waals surface area contributed by atoms with Crippen LogP contribution in [0.15, 0.2) is 18.5 Å². The van der Waals surface area contributed by atoms with Crippen molar-refractivity contribution in [3.63, 3.8) is 0 Å². The molecular weight excluding hydrogens is 268 g/mol. The zero-order valence-corrected chi connectivity index (χ0v) is 11.5. The van der Waals surface area contributed by atoms with Gasteiger partial charge in [0.05, 0.1) is 12.1 Å². The molecule has 1 aromatic heterocycles. The third-order valence-corrected chi connectivity index (χ3v) is 2.96. The highest BCUT2D eigenvalue weighted by Crippen LogP contribution is 2.36. The molecule has 7 heteroatoms. The van der Waals surface area contributed by atoms with E-state index in [1.165, 1.54) is 0 Å². The Kier molecular flexibility index (Phi) is 4.24. The third-order valence-electron chi connectivity index (χ3n) is 2.68. The van der Waals surface area contributed by atoms with E-state index in [-0.39, 0.29) is 6.61 Å². The summed E-state index contributed by atoms with van der Waals surface area (Å²) in [5.41, 5.74) is 6.47. The van der Waals surface area contributed by atoms with Crippen molar-refractivity contribution >= 4 is 11.6 Å². The minimum atomic E-state index is 0.258. The van der Waals surface area contributed by atoms with Gasteiger partial charge in [-0.1, -0.05) is 11.6 Å². The molecule has 0 aliphatic heterocycles. The Morgan fingerprint density at radius 3 is 2.79 bits per heavy atom. The number of halogens is 1. The monoisotopic (exact) mass is 282 g/mol. The Bertz CT molecular complexity index is 571. The molecule has 1 heterocycles. The molecule has 2 rings (SSSR count). The van der Waals surface area contributed by atoms with Crippen LogP contribution in [-0.2, 0) is 20.2 Å². The highest BCUT2D eigenvalue weighted by Gasteiger charge is 2.13. The highest BCUT2D eigenvalue weighted by molar-refractivity contribution is 6.32. The SMILES string of the molecule is COc1cc(CN)cc(Cl)c1OCc1nncn1C. The van der Waals surface area contributed by atoms with E-state index in [4.69, 9.17) is 26.8 Å². The molecule has 0 unspecified atom stereocenters. The summed E-state index contributed by atoms with van der Waals surface area (Å²) in [6.45, 7) is 0.647. The summed E-state index contributed by atoms with van der Waals surface area (Å²) in [6.07, 6.45) is 1.61.